The molecule has 4 N–H and O–H groups in total. The summed E-state index contributed by atoms with van der Waals surface area (Å²) in [6, 6.07) is 7.87. The molecule has 136 valence electrons. The number of sulfonamides is 1. The number of aromatic nitrogens is 4. The third kappa shape index (κ3) is 3.81. The fourth-order valence-electron chi connectivity index (χ4n) is 2.43. The molecule has 0 bridgehead atoms. The van der Waals surface area contributed by atoms with Crippen LogP contribution in [0.4, 0.5) is 23.3 Å². The molecule has 3 rings (SSSR count). The first-order valence-corrected chi connectivity index (χ1v) is 9.29. The van der Waals surface area contributed by atoms with Crippen molar-refractivity contribution in [2.45, 2.75) is 18.7 Å². The zero-order valence-corrected chi connectivity index (χ0v) is 15.4. The molecular formula is C16H19N7O2S. The summed E-state index contributed by atoms with van der Waals surface area (Å²) in [6.07, 6.45) is 1.60. The molecule has 9 nitrogen and oxygen atoms in total. The maximum atomic E-state index is 11.5. The van der Waals surface area contributed by atoms with Gasteiger partial charge < -0.3 is 10.6 Å². The van der Waals surface area contributed by atoms with Gasteiger partial charge in [0.1, 0.15) is 11.6 Å². The van der Waals surface area contributed by atoms with E-state index in [1.54, 1.807) is 29.1 Å². The van der Waals surface area contributed by atoms with Crippen LogP contribution in [0.15, 0.2) is 41.4 Å². The van der Waals surface area contributed by atoms with Crippen LogP contribution in [0.5, 0.6) is 0 Å². The minimum Gasteiger partial charge on any atom is -0.325 e. The number of nitrogens with two attached hydrogens (primary N) is 1. The van der Waals surface area contributed by atoms with Crippen LogP contribution < -0.4 is 15.8 Å². The maximum absolute atomic E-state index is 11.5. The van der Waals surface area contributed by atoms with Gasteiger partial charge in [-0.3, -0.25) is 4.68 Å². The Labute approximate surface area is 151 Å². The highest BCUT2D eigenvalue weighted by Gasteiger charge is 2.11. The number of nitrogens with zero attached hydrogens (tertiary/aromatic N) is 4. The predicted octanol–water partition coefficient (Wildman–Crippen LogP) is 1.96. The van der Waals surface area contributed by atoms with Crippen molar-refractivity contribution in [3.63, 3.8) is 0 Å². The van der Waals surface area contributed by atoms with Crippen LogP contribution in [0, 0.1) is 13.8 Å². The topological polar surface area (TPSA) is 128 Å². The molecule has 0 aliphatic rings. The van der Waals surface area contributed by atoms with Crippen molar-refractivity contribution in [2.24, 2.45) is 12.2 Å². The number of anilines is 4. The second kappa shape index (κ2) is 6.73. The molecule has 0 saturated carbocycles. The fourth-order valence-corrected chi connectivity index (χ4v) is 2.99. The first-order chi connectivity index (χ1) is 12.2. The van der Waals surface area contributed by atoms with E-state index in [9.17, 15) is 8.42 Å². The number of hydrogen-bond donors (Lipinski definition) is 3. The number of benzene rings is 1. The number of primary sulfonamides is 1. The third-order valence-electron chi connectivity index (χ3n) is 3.84. The van der Waals surface area contributed by atoms with E-state index in [0.717, 1.165) is 17.1 Å². The summed E-state index contributed by atoms with van der Waals surface area (Å²) in [6.45, 7) is 3.91. The predicted molar refractivity (Wildman–Crippen MR) is 99.1 cm³/mol. The molecule has 0 aliphatic heterocycles. The molecule has 0 unspecified atom stereocenters. The second-order valence-electron chi connectivity index (χ2n) is 5.77. The number of hydrogen-bond acceptors (Lipinski definition) is 7. The highest BCUT2D eigenvalue weighted by atomic mass is 32.2. The van der Waals surface area contributed by atoms with Gasteiger partial charge in [-0.1, -0.05) is 6.07 Å². The van der Waals surface area contributed by atoms with Gasteiger partial charge in [-0.15, -0.1) is 0 Å². The highest BCUT2D eigenvalue weighted by Crippen LogP contribution is 2.22. The van der Waals surface area contributed by atoms with Gasteiger partial charge in [0.05, 0.1) is 10.6 Å². The van der Waals surface area contributed by atoms with Gasteiger partial charge in [0.15, 0.2) is 0 Å². The molecule has 0 radical (unpaired) electrons. The van der Waals surface area contributed by atoms with Gasteiger partial charge in [0.2, 0.25) is 16.0 Å². The minimum absolute atomic E-state index is 0.0118. The SMILES string of the molecule is Cc1nn(C)c(Nc2ccnc(Nc3cccc(S(N)(=O)=O)c3)n2)c1C. The van der Waals surface area contributed by atoms with Gasteiger partial charge in [0, 0.05) is 24.5 Å². The smallest absolute Gasteiger partial charge is 0.238 e. The number of nitrogens with one attached hydrogen (secondary N) is 2. The van der Waals surface area contributed by atoms with Crippen molar-refractivity contribution in [3.8, 4) is 0 Å². The van der Waals surface area contributed by atoms with Crippen molar-refractivity contribution in [3.05, 3.63) is 47.8 Å². The molecule has 26 heavy (non-hydrogen) atoms. The molecular weight excluding hydrogens is 354 g/mol. The Morgan fingerprint density at radius 3 is 2.58 bits per heavy atom. The summed E-state index contributed by atoms with van der Waals surface area (Å²) in [4.78, 5) is 8.56. The summed E-state index contributed by atoms with van der Waals surface area (Å²) in [7, 11) is -1.93. The van der Waals surface area contributed by atoms with Crippen LogP contribution in [0.1, 0.15) is 11.3 Å². The fraction of sp³-hybridized carbons (Fsp3) is 0.188. The van der Waals surface area contributed by atoms with E-state index >= 15 is 0 Å². The maximum Gasteiger partial charge on any atom is 0.238 e. The Balaban J connectivity index is 1.84. The molecule has 2 heterocycles. The Hall–Kier alpha value is -2.98. The molecule has 0 aliphatic carbocycles. The quantitative estimate of drug-likeness (QED) is 0.623. The number of rotatable bonds is 5. The average Bonchev–Trinajstić information content (AvgIpc) is 2.81. The van der Waals surface area contributed by atoms with E-state index < -0.39 is 10.0 Å². The first kappa shape index (κ1) is 17.8. The van der Waals surface area contributed by atoms with E-state index in [4.69, 9.17) is 5.14 Å². The van der Waals surface area contributed by atoms with E-state index in [1.165, 1.54) is 12.1 Å². The Bertz CT molecular complexity index is 1060. The molecule has 0 fully saturated rings. The lowest BCUT2D eigenvalue weighted by Gasteiger charge is -2.10. The first-order valence-electron chi connectivity index (χ1n) is 7.74. The van der Waals surface area contributed by atoms with Crippen LogP contribution in [-0.4, -0.2) is 28.2 Å². The largest absolute Gasteiger partial charge is 0.325 e. The standard InChI is InChI=1S/C16H19N7O2S/c1-10-11(2)22-23(3)15(10)20-14-7-8-18-16(21-14)19-12-5-4-6-13(9-12)26(17,24)25/h4-9H,1-3H3,(H2,17,24,25)(H2,18,19,20,21). The van der Waals surface area contributed by atoms with Gasteiger partial charge in [-0.05, 0) is 38.1 Å². The Kier molecular flexibility index (Phi) is 4.62. The molecule has 10 heteroatoms. The molecule has 0 amide bonds. The Morgan fingerprint density at radius 1 is 1.15 bits per heavy atom. The van der Waals surface area contributed by atoms with Crippen molar-refractivity contribution in [2.75, 3.05) is 10.6 Å². The summed E-state index contributed by atoms with van der Waals surface area (Å²) in [5, 5.41) is 15.7. The van der Waals surface area contributed by atoms with Crippen molar-refractivity contribution < 1.29 is 8.42 Å². The van der Waals surface area contributed by atoms with Crippen LogP contribution in [0.2, 0.25) is 0 Å². The summed E-state index contributed by atoms with van der Waals surface area (Å²) in [5.74, 6) is 1.73. The van der Waals surface area contributed by atoms with E-state index in [1.807, 2.05) is 20.9 Å². The van der Waals surface area contributed by atoms with Crippen LogP contribution >= 0.6 is 0 Å². The lowest BCUT2D eigenvalue weighted by Crippen LogP contribution is -2.12. The molecule has 0 atom stereocenters. The van der Waals surface area contributed by atoms with Crippen LogP contribution in [-0.2, 0) is 17.1 Å². The van der Waals surface area contributed by atoms with Gasteiger partial charge in [-0.2, -0.15) is 10.1 Å². The van der Waals surface area contributed by atoms with Crippen molar-refractivity contribution in [1.29, 1.82) is 0 Å². The molecule has 0 spiro atoms. The highest BCUT2D eigenvalue weighted by molar-refractivity contribution is 7.89. The Morgan fingerprint density at radius 2 is 1.92 bits per heavy atom. The summed E-state index contributed by atoms with van der Waals surface area (Å²) >= 11 is 0. The minimum atomic E-state index is -3.78. The van der Waals surface area contributed by atoms with Crippen LogP contribution in [0.25, 0.3) is 0 Å². The molecule has 1 aromatic carbocycles. The van der Waals surface area contributed by atoms with E-state index in [2.05, 4.69) is 25.7 Å². The second-order valence-corrected chi connectivity index (χ2v) is 7.33. The lowest BCUT2D eigenvalue weighted by atomic mass is 10.3. The monoisotopic (exact) mass is 373 g/mol. The third-order valence-corrected chi connectivity index (χ3v) is 4.75. The van der Waals surface area contributed by atoms with Gasteiger partial charge in [0.25, 0.3) is 0 Å². The van der Waals surface area contributed by atoms with Crippen LogP contribution in [0.3, 0.4) is 0 Å². The zero-order chi connectivity index (χ0) is 18.9. The average molecular weight is 373 g/mol. The van der Waals surface area contributed by atoms with Gasteiger partial charge in [-0.25, -0.2) is 18.5 Å². The molecule has 2 aromatic heterocycles. The van der Waals surface area contributed by atoms with Crippen molar-refractivity contribution >= 4 is 33.3 Å². The molecule has 3 aromatic rings. The zero-order valence-electron chi connectivity index (χ0n) is 14.6. The lowest BCUT2D eigenvalue weighted by molar-refractivity contribution is 0.598. The van der Waals surface area contributed by atoms with E-state index in [0.29, 0.717) is 17.5 Å². The molecule has 0 saturated heterocycles. The van der Waals surface area contributed by atoms with E-state index in [-0.39, 0.29) is 4.90 Å². The normalized spacial score (nSPS) is 11.4. The summed E-state index contributed by atoms with van der Waals surface area (Å²) in [5.41, 5.74) is 2.48. The van der Waals surface area contributed by atoms with Gasteiger partial charge >= 0.3 is 0 Å². The summed E-state index contributed by atoms with van der Waals surface area (Å²) < 4.78 is 24.7. The van der Waals surface area contributed by atoms with Crippen molar-refractivity contribution in [1.82, 2.24) is 19.7 Å². The number of aryl methyl sites for hydroxylation is 2.